The second-order valence-corrected chi connectivity index (χ2v) is 6.22. The zero-order chi connectivity index (χ0) is 17.2. The number of nitrogens with zero attached hydrogens (tertiary/aromatic N) is 5. The molecule has 25 heavy (non-hydrogen) atoms. The summed E-state index contributed by atoms with van der Waals surface area (Å²) in [4.78, 5) is 21.6. The van der Waals surface area contributed by atoms with E-state index in [9.17, 15) is 4.79 Å². The van der Waals surface area contributed by atoms with Gasteiger partial charge >= 0.3 is 0 Å². The smallest absolute Gasteiger partial charge is 0.259 e. The predicted octanol–water partition coefficient (Wildman–Crippen LogP) is 2.17. The molecule has 0 bridgehead atoms. The van der Waals surface area contributed by atoms with Gasteiger partial charge in [0.15, 0.2) is 5.65 Å². The maximum Gasteiger partial charge on any atom is 0.259 e. The van der Waals surface area contributed by atoms with Crippen LogP contribution in [0.15, 0.2) is 48.8 Å². The van der Waals surface area contributed by atoms with Gasteiger partial charge in [0.05, 0.1) is 11.9 Å². The first-order chi connectivity index (χ1) is 12.3. The van der Waals surface area contributed by atoms with E-state index in [1.54, 1.807) is 16.9 Å². The molecule has 6 nitrogen and oxygen atoms in total. The van der Waals surface area contributed by atoms with Gasteiger partial charge in [-0.05, 0) is 12.6 Å². The van der Waals surface area contributed by atoms with Crippen molar-refractivity contribution in [3.05, 3.63) is 54.4 Å². The van der Waals surface area contributed by atoms with Gasteiger partial charge in [0, 0.05) is 37.9 Å². The largest absolute Gasteiger partial charge is 0.336 e. The van der Waals surface area contributed by atoms with Gasteiger partial charge in [-0.25, -0.2) is 9.50 Å². The minimum absolute atomic E-state index is 0.0171. The molecule has 0 N–H and O–H groups in total. The number of hydrogen-bond donors (Lipinski definition) is 0. The molecule has 0 unspecified atom stereocenters. The van der Waals surface area contributed by atoms with Gasteiger partial charge in [0.2, 0.25) is 0 Å². The van der Waals surface area contributed by atoms with Crippen LogP contribution in [0.2, 0.25) is 0 Å². The molecule has 0 saturated carbocycles. The first-order valence-corrected chi connectivity index (χ1v) is 8.67. The van der Waals surface area contributed by atoms with Crippen molar-refractivity contribution in [1.82, 2.24) is 24.4 Å². The van der Waals surface area contributed by atoms with Gasteiger partial charge in [-0.1, -0.05) is 37.3 Å². The van der Waals surface area contributed by atoms with Crippen molar-refractivity contribution in [2.75, 3.05) is 32.7 Å². The molecule has 1 aromatic carbocycles. The van der Waals surface area contributed by atoms with Gasteiger partial charge in [-0.15, -0.1) is 0 Å². The van der Waals surface area contributed by atoms with Crippen LogP contribution >= 0.6 is 0 Å². The second kappa shape index (κ2) is 6.64. The summed E-state index contributed by atoms with van der Waals surface area (Å²) < 4.78 is 1.75. The minimum Gasteiger partial charge on any atom is -0.336 e. The number of aromatic nitrogens is 3. The molecule has 0 aliphatic carbocycles. The molecule has 6 heteroatoms. The quantitative estimate of drug-likeness (QED) is 0.736. The van der Waals surface area contributed by atoms with Crippen LogP contribution in [0.4, 0.5) is 0 Å². The average molecular weight is 335 g/mol. The summed E-state index contributed by atoms with van der Waals surface area (Å²) in [6.07, 6.45) is 3.38. The number of carbonyl (C=O) groups is 1. The summed E-state index contributed by atoms with van der Waals surface area (Å²) >= 11 is 0. The molecular formula is C19H21N5O. The first-order valence-electron chi connectivity index (χ1n) is 8.67. The number of likely N-dealkylation sites (N-methyl/N-ethyl adjacent to an activating group) is 1. The Balaban J connectivity index is 1.67. The Labute approximate surface area is 146 Å². The number of rotatable bonds is 3. The summed E-state index contributed by atoms with van der Waals surface area (Å²) in [5, 5.41) is 4.44. The Bertz CT molecular complexity index is 881. The lowest BCUT2D eigenvalue weighted by atomic mass is 10.1. The number of carbonyl (C=O) groups excluding carboxylic acids is 1. The highest BCUT2D eigenvalue weighted by atomic mass is 16.2. The molecule has 0 radical (unpaired) electrons. The first kappa shape index (κ1) is 15.8. The van der Waals surface area contributed by atoms with Crippen LogP contribution in [-0.2, 0) is 0 Å². The lowest BCUT2D eigenvalue weighted by Crippen LogP contribution is -2.48. The molecule has 1 fully saturated rings. The standard InChI is InChI=1S/C19H21N5O/c1-2-22-10-12-23(13-11-22)19(25)16-14-21-24-17(8-9-20-18(16)24)15-6-4-3-5-7-15/h3-9,14H,2,10-13H2,1H3. The van der Waals surface area contributed by atoms with E-state index < -0.39 is 0 Å². The third-order valence-electron chi connectivity index (χ3n) is 4.81. The minimum atomic E-state index is 0.0171. The molecule has 1 amide bonds. The van der Waals surface area contributed by atoms with Crippen LogP contribution < -0.4 is 0 Å². The third-order valence-corrected chi connectivity index (χ3v) is 4.81. The molecule has 128 valence electrons. The molecule has 1 aliphatic heterocycles. The van der Waals surface area contributed by atoms with Crippen LogP contribution in [0.5, 0.6) is 0 Å². The van der Waals surface area contributed by atoms with Crippen molar-refractivity contribution >= 4 is 11.6 Å². The normalized spacial score (nSPS) is 15.6. The van der Waals surface area contributed by atoms with E-state index in [-0.39, 0.29) is 5.91 Å². The molecule has 1 aliphatic rings. The molecule has 0 atom stereocenters. The molecule has 1 saturated heterocycles. The number of amides is 1. The van der Waals surface area contributed by atoms with Crippen molar-refractivity contribution in [3.8, 4) is 11.3 Å². The highest BCUT2D eigenvalue weighted by Crippen LogP contribution is 2.21. The third kappa shape index (κ3) is 2.89. The highest BCUT2D eigenvalue weighted by Gasteiger charge is 2.24. The second-order valence-electron chi connectivity index (χ2n) is 6.22. The van der Waals surface area contributed by atoms with Crippen molar-refractivity contribution in [2.24, 2.45) is 0 Å². The van der Waals surface area contributed by atoms with E-state index in [1.807, 2.05) is 41.3 Å². The van der Waals surface area contributed by atoms with E-state index in [1.165, 1.54) is 0 Å². The van der Waals surface area contributed by atoms with Crippen LogP contribution in [-0.4, -0.2) is 63.0 Å². The topological polar surface area (TPSA) is 53.7 Å². The Morgan fingerprint density at radius 2 is 1.84 bits per heavy atom. The van der Waals surface area contributed by atoms with E-state index in [2.05, 4.69) is 21.9 Å². The zero-order valence-corrected chi connectivity index (χ0v) is 14.3. The fraction of sp³-hybridized carbons (Fsp3) is 0.316. The Morgan fingerprint density at radius 1 is 1.08 bits per heavy atom. The van der Waals surface area contributed by atoms with Crippen LogP contribution in [0.3, 0.4) is 0 Å². The highest BCUT2D eigenvalue weighted by molar-refractivity contribution is 6.00. The number of benzene rings is 1. The number of piperazine rings is 1. The van der Waals surface area contributed by atoms with E-state index in [0.717, 1.165) is 44.0 Å². The Morgan fingerprint density at radius 3 is 2.56 bits per heavy atom. The molecule has 0 spiro atoms. The summed E-state index contributed by atoms with van der Waals surface area (Å²) in [5.74, 6) is 0.0171. The molecular weight excluding hydrogens is 314 g/mol. The monoisotopic (exact) mass is 335 g/mol. The van der Waals surface area contributed by atoms with Gasteiger partial charge in [0.25, 0.3) is 5.91 Å². The van der Waals surface area contributed by atoms with E-state index >= 15 is 0 Å². The zero-order valence-electron chi connectivity index (χ0n) is 14.3. The fourth-order valence-electron chi connectivity index (χ4n) is 3.31. The summed E-state index contributed by atoms with van der Waals surface area (Å²) in [7, 11) is 0. The molecule has 2 aromatic heterocycles. The predicted molar refractivity (Wildman–Crippen MR) is 96.4 cm³/mol. The summed E-state index contributed by atoms with van der Waals surface area (Å²) in [5.41, 5.74) is 3.17. The fourth-order valence-corrected chi connectivity index (χ4v) is 3.31. The lowest BCUT2D eigenvalue weighted by molar-refractivity contribution is 0.0645. The van der Waals surface area contributed by atoms with E-state index in [4.69, 9.17) is 0 Å². The summed E-state index contributed by atoms with van der Waals surface area (Å²) in [6.45, 7) is 6.53. The SMILES string of the molecule is CCN1CCN(C(=O)c2cnn3c(-c4ccccc4)ccnc23)CC1. The summed E-state index contributed by atoms with van der Waals surface area (Å²) in [6, 6.07) is 11.9. The van der Waals surface area contributed by atoms with Gasteiger partial charge in [-0.2, -0.15) is 5.10 Å². The van der Waals surface area contributed by atoms with Crippen molar-refractivity contribution in [3.63, 3.8) is 0 Å². The Hall–Kier alpha value is -2.73. The lowest BCUT2D eigenvalue weighted by Gasteiger charge is -2.33. The Kier molecular flexibility index (Phi) is 4.19. The number of hydrogen-bond acceptors (Lipinski definition) is 4. The van der Waals surface area contributed by atoms with Crippen molar-refractivity contribution in [2.45, 2.75) is 6.92 Å². The maximum absolute atomic E-state index is 12.9. The van der Waals surface area contributed by atoms with E-state index in [0.29, 0.717) is 11.2 Å². The van der Waals surface area contributed by atoms with Gasteiger partial charge in [-0.3, -0.25) is 4.79 Å². The maximum atomic E-state index is 12.9. The van der Waals surface area contributed by atoms with Crippen LogP contribution in [0.1, 0.15) is 17.3 Å². The van der Waals surface area contributed by atoms with Crippen LogP contribution in [0, 0.1) is 0 Å². The van der Waals surface area contributed by atoms with Crippen molar-refractivity contribution in [1.29, 1.82) is 0 Å². The molecule has 4 rings (SSSR count). The molecule has 3 aromatic rings. The van der Waals surface area contributed by atoms with Crippen molar-refractivity contribution < 1.29 is 4.79 Å². The van der Waals surface area contributed by atoms with Gasteiger partial charge < -0.3 is 9.80 Å². The average Bonchev–Trinajstić information content (AvgIpc) is 3.12. The number of fused-ring (bicyclic) bond motifs is 1. The van der Waals surface area contributed by atoms with Crippen LogP contribution in [0.25, 0.3) is 16.9 Å². The van der Waals surface area contributed by atoms with Gasteiger partial charge in [0.1, 0.15) is 5.56 Å². The molecule has 3 heterocycles.